The SMILES string of the molecule is NCc1ccccc1C(=O)Nc1ccc([N+](=O)[O-])cc1. The molecule has 2 aromatic carbocycles. The molecule has 1 amide bonds. The molecule has 3 N–H and O–H groups in total. The van der Waals surface area contributed by atoms with Crippen LogP contribution < -0.4 is 11.1 Å². The van der Waals surface area contributed by atoms with Gasteiger partial charge in [0.15, 0.2) is 0 Å². The lowest BCUT2D eigenvalue weighted by Gasteiger charge is -2.08. The summed E-state index contributed by atoms with van der Waals surface area (Å²) in [7, 11) is 0. The molecule has 2 rings (SSSR count). The minimum absolute atomic E-state index is 0.0228. The number of carbonyl (C=O) groups is 1. The molecule has 2 aromatic rings. The van der Waals surface area contributed by atoms with E-state index in [9.17, 15) is 14.9 Å². The number of nitrogens with zero attached hydrogens (tertiary/aromatic N) is 1. The fourth-order valence-corrected chi connectivity index (χ4v) is 1.78. The van der Waals surface area contributed by atoms with Crippen LogP contribution in [0.2, 0.25) is 0 Å². The largest absolute Gasteiger partial charge is 0.326 e. The summed E-state index contributed by atoms with van der Waals surface area (Å²) in [5.74, 6) is -0.292. The van der Waals surface area contributed by atoms with Crippen molar-refractivity contribution in [3.05, 3.63) is 69.8 Å². The Bertz CT molecular complexity index is 638. The van der Waals surface area contributed by atoms with E-state index >= 15 is 0 Å². The van der Waals surface area contributed by atoms with Crippen molar-refractivity contribution >= 4 is 17.3 Å². The predicted molar refractivity (Wildman–Crippen MR) is 75.4 cm³/mol. The number of nitrogens with one attached hydrogen (secondary N) is 1. The molecule has 0 spiro atoms. The summed E-state index contributed by atoms with van der Waals surface area (Å²) in [6.07, 6.45) is 0. The lowest BCUT2D eigenvalue weighted by atomic mass is 10.1. The number of carbonyl (C=O) groups excluding carboxylic acids is 1. The van der Waals surface area contributed by atoms with Gasteiger partial charge in [0.1, 0.15) is 0 Å². The summed E-state index contributed by atoms with van der Waals surface area (Å²) >= 11 is 0. The summed E-state index contributed by atoms with van der Waals surface area (Å²) in [5.41, 5.74) is 7.29. The molecule has 0 aliphatic carbocycles. The lowest BCUT2D eigenvalue weighted by Crippen LogP contribution is -2.15. The van der Waals surface area contributed by atoms with Gasteiger partial charge in [0, 0.05) is 29.9 Å². The van der Waals surface area contributed by atoms with Gasteiger partial charge in [0.05, 0.1) is 4.92 Å². The molecular formula is C14H13N3O3. The van der Waals surface area contributed by atoms with Gasteiger partial charge in [-0.3, -0.25) is 14.9 Å². The summed E-state index contributed by atoms with van der Waals surface area (Å²) in [4.78, 5) is 22.2. The molecule has 102 valence electrons. The highest BCUT2D eigenvalue weighted by Crippen LogP contribution is 2.17. The first-order valence-electron chi connectivity index (χ1n) is 5.95. The molecule has 0 saturated heterocycles. The number of hydrogen-bond acceptors (Lipinski definition) is 4. The van der Waals surface area contributed by atoms with Crippen LogP contribution in [0.25, 0.3) is 0 Å². The van der Waals surface area contributed by atoms with E-state index in [0.717, 1.165) is 5.56 Å². The van der Waals surface area contributed by atoms with Crippen LogP contribution in [0.15, 0.2) is 48.5 Å². The van der Waals surface area contributed by atoms with Crippen LogP contribution in [0.1, 0.15) is 15.9 Å². The number of rotatable bonds is 4. The van der Waals surface area contributed by atoms with Crippen LogP contribution in [0.3, 0.4) is 0 Å². The molecule has 0 unspecified atom stereocenters. The minimum Gasteiger partial charge on any atom is -0.326 e. The number of benzene rings is 2. The van der Waals surface area contributed by atoms with E-state index in [1.807, 2.05) is 6.07 Å². The number of nitro benzene ring substituents is 1. The van der Waals surface area contributed by atoms with Gasteiger partial charge in [0.25, 0.3) is 11.6 Å². The van der Waals surface area contributed by atoms with Crippen molar-refractivity contribution in [3.63, 3.8) is 0 Å². The van der Waals surface area contributed by atoms with E-state index in [4.69, 9.17) is 5.73 Å². The molecule has 0 radical (unpaired) electrons. The number of nitro groups is 1. The summed E-state index contributed by atoms with van der Waals surface area (Å²) in [5, 5.41) is 13.2. The molecule has 20 heavy (non-hydrogen) atoms. The highest BCUT2D eigenvalue weighted by atomic mass is 16.6. The summed E-state index contributed by atoms with van der Waals surface area (Å²) in [6.45, 7) is 0.268. The Morgan fingerprint density at radius 3 is 2.40 bits per heavy atom. The smallest absolute Gasteiger partial charge is 0.269 e. The first kappa shape index (κ1) is 13.7. The van der Waals surface area contributed by atoms with Gasteiger partial charge in [-0.05, 0) is 23.8 Å². The zero-order chi connectivity index (χ0) is 14.5. The van der Waals surface area contributed by atoms with Crippen molar-refractivity contribution < 1.29 is 9.72 Å². The quantitative estimate of drug-likeness (QED) is 0.658. The maximum Gasteiger partial charge on any atom is 0.269 e. The normalized spacial score (nSPS) is 10.1. The van der Waals surface area contributed by atoms with E-state index in [-0.39, 0.29) is 18.1 Å². The van der Waals surface area contributed by atoms with Crippen molar-refractivity contribution in [1.82, 2.24) is 0 Å². The van der Waals surface area contributed by atoms with Crippen molar-refractivity contribution in [2.24, 2.45) is 5.73 Å². The number of amides is 1. The third-order valence-corrected chi connectivity index (χ3v) is 2.82. The third kappa shape index (κ3) is 2.99. The average Bonchev–Trinajstić information content (AvgIpc) is 2.47. The van der Waals surface area contributed by atoms with Crippen LogP contribution >= 0.6 is 0 Å². The first-order chi connectivity index (χ1) is 9.61. The van der Waals surface area contributed by atoms with Gasteiger partial charge >= 0.3 is 0 Å². The number of hydrogen-bond donors (Lipinski definition) is 2. The van der Waals surface area contributed by atoms with Crippen LogP contribution in [0.4, 0.5) is 11.4 Å². The van der Waals surface area contributed by atoms with Gasteiger partial charge in [-0.25, -0.2) is 0 Å². The summed E-state index contributed by atoms with van der Waals surface area (Å²) < 4.78 is 0. The molecule has 6 nitrogen and oxygen atoms in total. The molecule has 0 fully saturated rings. The van der Waals surface area contributed by atoms with Crippen molar-refractivity contribution in [1.29, 1.82) is 0 Å². The topological polar surface area (TPSA) is 98.3 Å². The van der Waals surface area contributed by atoms with Crippen LogP contribution in [-0.2, 0) is 6.54 Å². The van der Waals surface area contributed by atoms with Gasteiger partial charge in [-0.15, -0.1) is 0 Å². The highest BCUT2D eigenvalue weighted by Gasteiger charge is 2.11. The maximum absolute atomic E-state index is 12.1. The highest BCUT2D eigenvalue weighted by molar-refractivity contribution is 6.05. The van der Waals surface area contributed by atoms with E-state index in [2.05, 4.69) is 5.32 Å². The Morgan fingerprint density at radius 1 is 1.15 bits per heavy atom. The Labute approximate surface area is 115 Å². The van der Waals surface area contributed by atoms with Gasteiger partial charge < -0.3 is 11.1 Å². The Balaban J connectivity index is 2.17. The van der Waals surface area contributed by atoms with Crippen LogP contribution in [0.5, 0.6) is 0 Å². The maximum atomic E-state index is 12.1. The number of non-ortho nitro benzene ring substituents is 1. The van der Waals surface area contributed by atoms with Crippen LogP contribution in [0, 0.1) is 10.1 Å². The molecule has 0 aromatic heterocycles. The van der Waals surface area contributed by atoms with Crippen molar-refractivity contribution in [2.45, 2.75) is 6.54 Å². The standard InChI is InChI=1S/C14H13N3O3/c15-9-10-3-1-2-4-13(10)14(18)16-11-5-7-12(8-6-11)17(19)20/h1-8H,9,15H2,(H,16,18). The minimum atomic E-state index is -0.491. The van der Waals surface area contributed by atoms with E-state index in [1.165, 1.54) is 24.3 Å². The van der Waals surface area contributed by atoms with Crippen molar-refractivity contribution in [3.8, 4) is 0 Å². The Kier molecular flexibility index (Phi) is 4.07. The molecular weight excluding hydrogens is 258 g/mol. The summed E-state index contributed by atoms with van der Waals surface area (Å²) in [6, 6.07) is 12.7. The Hall–Kier alpha value is -2.73. The molecule has 0 aliphatic heterocycles. The van der Waals surface area contributed by atoms with E-state index in [0.29, 0.717) is 11.3 Å². The molecule has 0 heterocycles. The Morgan fingerprint density at radius 2 is 1.80 bits per heavy atom. The van der Waals surface area contributed by atoms with Gasteiger partial charge in [-0.2, -0.15) is 0 Å². The zero-order valence-electron chi connectivity index (χ0n) is 10.6. The zero-order valence-corrected chi connectivity index (χ0v) is 10.6. The second-order valence-corrected chi connectivity index (χ2v) is 4.12. The predicted octanol–water partition coefficient (Wildman–Crippen LogP) is 2.31. The second-order valence-electron chi connectivity index (χ2n) is 4.12. The lowest BCUT2D eigenvalue weighted by molar-refractivity contribution is -0.384. The fourth-order valence-electron chi connectivity index (χ4n) is 1.78. The molecule has 0 atom stereocenters. The molecule has 0 saturated carbocycles. The third-order valence-electron chi connectivity index (χ3n) is 2.82. The van der Waals surface area contributed by atoms with Crippen molar-refractivity contribution in [2.75, 3.05) is 5.32 Å². The fraction of sp³-hybridized carbons (Fsp3) is 0.0714. The van der Waals surface area contributed by atoms with Gasteiger partial charge in [-0.1, -0.05) is 18.2 Å². The van der Waals surface area contributed by atoms with E-state index in [1.54, 1.807) is 18.2 Å². The number of nitrogens with two attached hydrogens (primary N) is 1. The second kappa shape index (κ2) is 5.94. The monoisotopic (exact) mass is 271 g/mol. The number of anilines is 1. The molecule has 6 heteroatoms. The van der Waals surface area contributed by atoms with E-state index < -0.39 is 4.92 Å². The average molecular weight is 271 g/mol. The van der Waals surface area contributed by atoms with Gasteiger partial charge in [0.2, 0.25) is 0 Å². The molecule has 0 bridgehead atoms. The first-order valence-corrected chi connectivity index (χ1v) is 5.95. The van der Waals surface area contributed by atoms with Crippen LogP contribution in [-0.4, -0.2) is 10.8 Å². The molecule has 0 aliphatic rings.